The van der Waals surface area contributed by atoms with Crippen LogP contribution < -0.4 is 5.32 Å². The van der Waals surface area contributed by atoms with E-state index >= 15 is 0 Å². The Kier molecular flexibility index (Phi) is 4.49. The van der Waals surface area contributed by atoms with Crippen LogP contribution >= 0.6 is 27.3 Å². The molecule has 0 aliphatic heterocycles. The van der Waals surface area contributed by atoms with Gasteiger partial charge < -0.3 is 5.32 Å². The van der Waals surface area contributed by atoms with Crippen LogP contribution in [-0.2, 0) is 11.3 Å². The van der Waals surface area contributed by atoms with Crippen molar-refractivity contribution in [3.05, 3.63) is 20.8 Å². The van der Waals surface area contributed by atoms with Crippen molar-refractivity contribution < 1.29 is 4.79 Å². The summed E-state index contributed by atoms with van der Waals surface area (Å²) < 4.78 is 1.12. The van der Waals surface area contributed by atoms with E-state index in [1.54, 1.807) is 11.3 Å². The van der Waals surface area contributed by atoms with E-state index in [1.807, 2.05) is 6.07 Å². The Morgan fingerprint density at radius 2 is 2.28 bits per heavy atom. The van der Waals surface area contributed by atoms with E-state index in [0.29, 0.717) is 6.54 Å². The van der Waals surface area contributed by atoms with Gasteiger partial charge in [-0.25, -0.2) is 0 Å². The SMILES string of the molecule is CC1(C)CCCCC1C(=O)NCc1ccc(Br)s1. The van der Waals surface area contributed by atoms with E-state index in [4.69, 9.17) is 0 Å². The van der Waals surface area contributed by atoms with E-state index in [2.05, 4.69) is 41.2 Å². The molecule has 1 N–H and O–H groups in total. The Balaban J connectivity index is 1.91. The molecule has 1 fully saturated rings. The highest BCUT2D eigenvalue weighted by molar-refractivity contribution is 9.11. The molecule has 0 spiro atoms. The molecule has 0 radical (unpaired) electrons. The first-order valence-corrected chi connectivity index (χ1v) is 8.12. The van der Waals surface area contributed by atoms with Gasteiger partial charge in [0.05, 0.1) is 10.3 Å². The van der Waals surface area contributed by atoms with Gasteiger partial charge in [0, 0.05) is 10.8 Å². The molecule has 2 nitrogen and oxygen atoms in total. The van der Waals surface area contributed by atoms with Crippen molar-refractivity contribution in [2.75, 3.05) is 0 Å². The molecule has 1 unspecified atom stereocenters. The first-order valence-electron chi connectivity index (χ1n) is 6.51. The van der Waals surface area contributed by atoms with Crippen molar-refractivity contribution in [2.24, 2.45) is 11.3 Å². The maximum absolute atomic E-state index is 12.3. The Morgan fingerprint density at radius 3 is 2.89 bits per heavy atom. The summed E-state index contributed by atoms with van der Waals surface area (Å²) in [5, 5.41) is 3.09. The minimum atomic E-state index is 0.151. The molecule has 1 atom stereocenters. The maximum Gasteiger partial charge on any atom is 0.223 e. The van der Waals surface area contributed by atoms with Gasteiger partial charge in [0.25, 0.3) is 0 Å². The fraction of sp³-hybridized carbons (Fsp3) is 0.643. The van der Waals surface area contributed by atoms with Gasteiger partial charge in [0.2, 0.25) is 5.91 Å². The molecule has 0 saturated heterocycles. The molecule has 1 aromatic heterocycles. The quantitative estimate of drug-likeness (QED) is 0.877. The average Bonchev–Trinajstić information content (AvgIpc) is 2.71. The second kappa shape index (κ2) is 5.74. The molecular formula is C14H20BrNOS. The maximum atomic E-state index is 12.3. The van der Waals surface area contributed by atoms with Crippen LogP contribution in [0.2, 0.25) is 0 Å². The van der Waals surface area contributed by atoms with E-state index in [-0.39, 0.29) is 17.2 Å². The fourth-order valence-electron chi connectivity index (χ4n) is 2.72. The zero-order valence-electron chi connectivity index (χ0n) is 11.0. The van der Waals surface area contributed by atoms with Gasteiger partial charge in [-0.3, -0.25) is 4.79 Å². The van der Waals surface area contributed by atoms with Gasteiger partial charge in [-0.05, 0) is 46.3 Å². The standard InChI is InChI=1S/C14H20BrNOS/c1-14(2)8-4-3-5-11(14)13(17)16-9-10-6-7-12(15)18-10/h6-7,11H,3-5,8-9H2,1-2H3,(H,16,17). The molecule has 0 aromatic carbocycles. The van der Waals surface area contributed by atoms with E-state index in [0.717, 1.165) is 16.6 Å². The Morgan fingerprint density at radius 1 is 1.50 bits per heavy atom. The van der Waals surface area contributed by atoms with Crippen molar-refractivity contribution in [2.45, 2.75) is 46.1 Å². The number of rotatable bonds is 3. The van der Waals surface area contributed by atoms with Crippen molar-refractivity contribution in [1.29, 1.82) is 0 Å². The third kappa shape index (κ3) is 3.35. The highest BCUT2D eigenvalue weighted by atomic mass is 79.9. The first kappa shape index (κ1) is 14.1. The lowest BCUT2D eigenvalue weighted by molar-refractivity contribution is -0.130. The molecule has 0 bridgehead atoms. The fourth-order valence-corrected chi connectivity index (χ4v) is 4.15. The number of halogens is 1. The Labute approximate surface area is 121 Å². The van der Waals surface area contributed by atoms with Gasteiger partial charge in [-0.15, -0.1) is 11.3 Å². The van der Waals surface area contributed by atoms with Crippen LogP contribution in [0.25, 0.3) is 0 Å². The predicted octanol–water partition coefficient (Wildman–Crippen LogP) is 4.34. The van der Waals surface area contributed by atoms with Crippen LogP contribution in [0.5, 0.6) is 0 Å². The molecule has 1 saturated carbocycles. The third-order valence-electron chi connectivity index (χ3n) is 3.89. The molecule has 1 amide bonds. The lowest BCUT2D eigenvalue weighted by Crippen LogP contribution is -2.40. The average molecular weight is 330 g/mol. The highest BCUT2D eigenvalue weighted by Crippen LogP contribution is 2.40. The number of hydrogen-bond acceptors (Lipinski definition) is 2. The number of hydrogen-bond donors (Lipinski definition) is 1. The minimum absolute atomic E-state index is 0.151. The molecule has 1 heterocycles. The Bertz CT molecular complexity index is 427. The number of carbonyl (C=O) groups is 1. The van der Waals surface area contributed by atoms with Crippen LogP contribution in [-0.4, -0.2) is 5.91 Å². The zero-order valence-corrected chi connectivity index (χ0v) is 13.4. The smallest absolute Gasteiger partial charge is 0.223 e. The summed E-state index contributed by atoms with van der Waals surface area (Å²) in [4.78, 5) is 13.5. The Hall–Kier alpha value is -0.350. The molecule has 18 heavy (non-hydrogen) atoms. The second-order valence-corrected chi connectivity index (χ2v) is 8.26. The monoisotopic (exact) mass is 329 g/mol. The van der Waals surface area contributed by atoms with Crippen LogP contribution in [0, 0.1) is 11.3 Å². The number of thiophene rings is 1. The zero-order chi connectivity index (χ0) is 13.2. The summed E-state index contributed by atoms with van der Waals surface area (Å²) in [5.41, 5.74) is 0.151. The highest BCUT2D eigenvalue weighted by Gasteiger charge is 2.36. The van der Waals surface area contributed by atoms with Gasteiger partial charge in [0.15, 0.2) is 0 Å². The van der Waals surface area contributed by atoms with E-state index < -0.39 is 0 Å². The predicted molar refractivity (Wildman–Crippen MR) is 79.6 cm³/mol. The molecule has 2 rings (SSSR count). The molecular weight excluding hydrogens is 310 g/mol. The van der Waals surface area contributed by atoms with Gasteiger partial charge in [-0.2, -0.15) is 0 Å². The second-order valence-electron chi connectivity index (χ2n) is 5.71. The van der Waals surface area contributed by atoms with Crippen molar-refractivity contribution >= 4 is 33.2 Å². The van der Waals surface area contributed by atoms with E-state index in [9.17, 15) is 4.79 Å². The molecule has 1 aliphatic rings. The van der Waals surface area contributed by atoms with Crippen molar-refractivity contribution in [1.82, 2.24) is 5.32 Å². The van der Waals surface area contributed by atoms with E-state index in [1.165, 1.54) is 17.7 Å². The number of nitrogens with one attached hydrogen (secondary N) is 1. The summed E-state index contributed by atoms with van der Waals surface area (Å²) >= 11 is 5.12. The lowest BCUT2D eigenvalue weighted by atomic mass is 9.68. The summed E-state index contributed by atoms with van der Waals surface area (Å²) in [5.74, 6) is 0.402. The third-order valence-corrected chi connectivity index (χ3v) is 5.51. The van der Waals surface area contributed by atoms with Gasteiger partial charge >= 0.3 is 0 Å². The number of carbonyl (C=O) groups excluding carboxylic acids is 1. The first-order chi connectivity index (χ1) is 8.49. The summed E-state index contributed by atoms with van der Waals surface area (Å²) in [6, 6.07) is 4.08. The van der Waals surface area contributed by atoms with Crippen LogP contribution in [0.3, 0.4) is 0 Å². The lowest BCUT2D eigenvalue weighted by Gasteiger charge is -2.37. The van der Waals surface area contributed by atoms with Crippen LogP contribution in [0.1, 0.15) is 44.4 Å². The van der Waals surface area contributed by atoms with Crippen LogP contribution in [0.4, 0.5) is 0 Å². The van der Waals surface area contributed by atoms with Crippen molar-refractivity contribution in [3.63, 3.8) is 0 Å². The van der Waals surface area contributed by atoms with Crippen molar-refractivity contribution in [3.8, 4) is 0 Å². The minimum Gasteiger partial charge on any atom is -0.351 e. The molecule has 4 heteroatoms. The van der Waals surface area contributed by atoms with Gasteiger partial charge in [-0.1, -0.05) is 26.7 Å². The topological polar surface area (TPSA) is 29.1 Å². The normalized spacial score (nSPS) is 22.7. The van der Waals surface area contributed by atoms with Crippen LogP contribution in [0.15, 0.2) is 15.9 Å². The summed E-state index contributed by atoms with van der Waals surface area (Å²) in [7, 11) is 0. The largest absolute Gasteiger partial charge is 0.351 e. The molecule has 100 valence electrons. The molecule has 1 aromatic rings. The van der Waals surface area contributed by atoms with Gasteiger partial charge in [0.1, 0.15) is 0 Å². The summed E-state index contributed by atoms with van der Waals surface area (Å²) in [6.07, 6.45) is 4.64. The summed E-state index contributed by atoms with van der Waals surface area (Å²) in [6.45, 7) is 5.10. The number of amides is 1. The molecule has 1 aliphatic carbocycles.